The van der Waals surface area contributed by atoms with Gasteiger partial charge in [-0.1, -0.05) is 69.3 Å². The SMILES string of the molecule is Cc1cccc(C(C)C)c1N(CCCC(=O)NC[C@H](C)c1ccccc1)S(C)(=O)=O. The first-order chi connectivity index (χ1) is 14.1. The van der Waals surface area contributed by atoms with Crippen molar-refractivity contribution < 1.29 is 13.2 Å². The van der Waals surface area contributed by atoms with E-state index in [0.717, 1.165) is 16.8 Å². The molecular weight excluding hydrogens is 396 g/mol. The molecule has 0 unspecified atom stereocenters. The molecule has 0 aromatic heterocycles. The van der Waals surface area contributed by atoms with E-state index in [0.29, 0.717) is 13.0 Å². The molecule has 1 atom stereocenters. The Morgan fingerprint density at radius 1 is 1.03 bits per heavy atom. The lowest BCUT2D eigenvalue weighted by molar-refractivity contribution is -0.121. The largest absolute Gasteiger partial charge is 0.356 e. The average molecular weight is 431 g/mol. The summed E-state index contributed by atoms with van der Waals surface area (Å²) < 4.78 is 26.5. The summed E-state index contributed by atoms with van der Waals surface area (Å²) in [6, 6.07) is 15.9. The van der Waals surface area contributed by atoms with E-state index in [9.17, 15) is 13.2 Å². The van der Waals surface area contributed by atoms with Crippen molar-refractivity contribution in [1.82, 2.24) is 5.32 Å². The van der Waals surface area contributed by atoms with Gasteiger partial charge in [-0.2, -0.15) is 0 Å². The van der Waals surface area contributed by atoms with Gasteiger partial charge in [0.25, 0.3) is 0 Å². The summed E-state index contributed by atoms with van der Waals surface area (Å²) in [4.78, 5) is 12.3. The third-order valence-electron chi connectivity index (χ3n) is 5.28. The number of sulfonamides is 1. The molecule has 0 aliphatic rings. The Bertz CT molecular complexity index is 940. The highest BCUT2D eigenvalue weighted by Gasteiger charge is 2.23. The molecule has 6 heteroatoms. The maximum absolute atomic E-state index is 12.5. The van der Waals surface area contributed by atoms with Crippen LogP contribution in [-0.2, 0) is 14.8 Å². The average Bonchev–Trinajstić information content (AvgIpc) is 2.69. The fourth-order valence-corrected chi connectivity index (χ4v) is 4.61. The van der Waals surface area contributed by atoms with Gasteiger partial charge in [0, 0.05) is 19.5 Å². The van der Waals surface area contributed by atoms with Gasteiger partial charge in [-0.05, 0) is 41.9 Å². The zero-order valence-electron chi connectivity index (χ0n) is 18.7. The van der Waals surface area contributed by atoms with Gasteiger partial charge in [-0.15, -0.1) is 0 Å². The first kappa shape index (κ1) is 23.9. The molecule has 0 saturated carbocycles. The fraction of sp³-hybridized carbons (Fsp3) is 0.458. The van der Waals surface area contributed by atoms with E-state index >= 15 is 0 Å². The van der Waals surface area contributed by atoms with E-state index in [1.807, 2.05) is 43.3 Å². The summed E-state index contributed by atoms with van der Waals surface area (Å²) in [5, 5.41) is 2.97. The van der Waals surface area contributed by atoms with E-state index in [1.165, 1.54) is 16.1 Å². The molecular formula is C24H34N2O3S. The van der Waals surface area contributed by atoms with Gasteiger partial charge in [-0.25, -0.2) is 8.42 Å². The highest BCUT2D eigenvalue weighted by molar-refractivity contribution is 7.92. The van der Waals surface area contributed by atoms with Crippen molar-refractivity contribution >= 4 is 21.6 Å². The number of hydrogen-bond acceptors (Lipinski definition) is 3. The van der Waals surface area contributed by atoms with E-state index in [4.69, 9.17) is 0 Å². The number of carbonyl (C=O) groups excluding carboxylic acids is 1. The Kier molecular flexibility index (Phi) is 8.47. The Hall–Kier alpha value is -2.34. The fourth-order valence-electron chi connectivity index (χ4n) is 3.57. The summed E-state index contributed by atoms with van der Waals surface area (Å²) in [5.74, 6) is 0.371. The van der Waals surface area contributed by atoms with Gasteiger partial charge >= 0.3 is 0 Å². The topological polar surface area (TPSA) is 66.5 Å². The van der Waals surface area contributed by atoms with Crippen LogP contribution in [0.5, 0.6) is 0 Å². The van der Waals surface area contributed by atoms with Crippen molar-refractivity contribution in [3.05, 3.63) is 65.2 Å². The summed E-state index contributed by atoms with van der Waals surface area (Å²) >= 11 is 0. The molecule has 0 aliphatic carbocycles. The van der Waals surface area contributed by atoms with Gasteiger partial charge in [0.05, 0.1) is 11.9 Å². The first-order valence-electron chi connectivity index (χ1n) is 10.5. The van der Waals surface area contributed by atoms with Gasteiger partial charge < -0.3 is 5.32 Å². The molecule has 2 aromatic rings. The molecule has 0 aliphatic heterocycles. The van der Waals surface area contributed by atoms with Crippen LogP contribution in [0.1, 0.15) is 62.1 Å². The van der Waals surface area contributed by atoms with E-state index in [-0.39, 0.29) is 30.7 Å². The van der Waals surface area contributed by atoms with Gasteiger partial charge in [0.2, 0.25) is 15.9 Å². The maximum Gasteiger partial charge on any atom is 0.232 e. The second-order valence-electron chi connectivity index (χ2n) is 8.22. The second-order valence-corrected chi connectivity index (χ2v) is 10.1. The molecule has 30 heavy (non-hydrogen) atoms. The Morgan fingerprint density at radius 3 is 2.30 bits per heavy atom. The third-order valence-corrected chi connectivity index (χ3v) is 6.45. The van der Waals surface area contributed by atoms with Gasteiger partial charge in [0.1, 0.15) is 0 Å². The Morgan fingerprint density at radius 2 is 1.70 bits per heavy atom. The van der Waals surface area contributed by atoms with Crippen molar-refractivity contribution in [2.75, 3.05) is 23.7 Å². The van der Waals surface area contributed by atoms with Crippen molar-refractivity contribution in [2.24, 2.45) is 0 Å². The highest BCUT2D eigenvalue weighted by Crippen LogP contribution is 2.32. The molecule has 0 bridgehead atoms. The number of para-hydroxylation sites is 1. The molecule has 164 valence electrons. The minimum atomic E-state index is -3.45. The lowest BCUT2D eigenvalue weighted by Gasteiger charge is -2.28. The monoisotopic (exact) mass is 430 g/mol. The molecule has 2 aromatic carbocycles. The third kappa shape index (κ3) is 6.59. The standard InChI is InChI=1S/C24H34N2O3S/c1-18(2)22-14-9-11-19(3)24(22)26(30(5,28)29)16-10-15-23(27)25-17-20(4)21-12-7-6-8-13-21/h6-9,11-14,18,20H,10,15-17H2,1-5H3,(H,25,27)/t20-/m0/s1. The van der Waals surface area contributed by atoms with Gasteiger partial charge in [0.15, 0.2) is 0 Å². The molecule has 0 saturated heterocycles. The normalized spacial score (nSPS) is 12.6. The number of nitrogens with zero attached hydrogens (tertiary/aromatic N) is 1. The van der Waals surface area contributed by atoms with Crippen LogP contribution in [0.4, 0.5) is 5.69 Å². The summed E-state index contributed by atoms with van der Waals surface area (Å²) in [6.45, 7) is 8.96. The molecule has 0 heterocycles. The van der Waals surface area contributed by atoms with Crippen LogP contribution in [0.15, 0.2) is 48.5 Å². The maximum atomic E-state index is 12.5. The number of anilines is 1. The Labute approximate surface area is 181 Å². The minimum absolute atomic E-state index is 0.0555. The highest BCUT2D eigenvalue weighted by atomic mass is 32.2. The zero-order valence-corrected chi connectivity index (χ0v) is 19.5. The molecule has 0 spiro atoms. The van der Waals surface area contributed by atoms with Crippen molar-refractivity contribution in [2.45, 2.75) is 52.4 Å². The van der Waals surface area contributed by atoms with Crippen LogP contribution >= 0.6 is 0 Å². The van der Waals surface area contributed by atoms with Gasteiger partial charge in [-0.3, -0.25) is 9.10 Å². The Balaban J connectivity index is 1.99. The van der Waals surface area contributed by atoms with E-state index in [1.54, 1.807) is 0 Å². The quantitative estimate of drug-likeness (QED) is 0.600. The minimum Gasteiger partial charge on any atom is -0.356 e. The molecule has 5 nitrogen and oxygen atoms in total. The van der Waals surface area contributed by atoms with Crippen LogP contribution in [0.25, 0.3) is 0 Å². The number of amides is 1. The molecule has 2 rings (SSSR count). The smallest absolute Gasteiger partial charge is 0.232 e. The molecule has 1 N–H and O–H groups in total. The van der Waals surface area contributed by atoms with Crippen molar-refractivity contribution in [3.8, 4) is 0 Å². The van der Waals surface area contributed by atoms with Crippen LogP contribution < -0.4 is 9.62 Å². The van der Waals surface area contributed by atoms with Crippen LogP contribution in [0.3, 0.4) is 0 Å². The van der Waals surface area contributed by atoms with Crippen molar-refractivity contribution in [3.63, 3.8) is 0 Å². The molecule has 1 amide bonds. The number of benzene rings is 2. The number of carbonyl (C=O) groups is 1. The second kappa shape index (κ2) is 10.6. The lowest BCUT2D eigenvalue weighted by Crippen LogP contribution is -2.34. The summed E-state index contributed by atoms with van der Waals surface area (Å²) in [7, 11) is -3.45. The van der Waals surface area contributed by atoms with Crippen LogP contribution in [0, 0.1) is 6.92 Å². The van der Waals surface area contributed by atoms with Crippen LogP contribution in [-0.4, -0.2) is 33.7 Å². The van der Waals surface area contributed by atoms with E-state index in [2.05, 4.69) is 38.2 Å². The predicted octanol–water partition coefficient (Wildman–Crippen LogP) is 4.58. The molecule has 0 fully saturated rings. The summed E-state index contributed by atoms with van der Waals surface area (Å²) in [6.07, 6.45) is 1.98. The lowest BCUT2D eigenvalue weighted by atomic mass is 9.98. The molecule has 0 radical (unpaired) electrons. The zero-order chi connectivity index (χ0) is 22.3. The van der Waals surface area contributed by atoms with Crippen molar-refractivity contribution in [1.29, 1.82) is 0 Å². The number of hydrogen-bond donors (Lipinski definition) is 1. The number of rotatable bonds is 10. The predicted molar refractivity (Wildman–Crippen MR) is 125 cm³/mol. The van der Waals surface area contributed by atoms with Crippen LogP contribution in [0.2, 0.25) is 0 Å². The van der Waals surface area contributed by atoms with E-state index < -0.39 is 10.0 Å². The number of aryl methyl sites for hydroxylation is 1. The number of nitrogens with one attached hydrogen (secondary N) is 1. The summed E-state index contributed by atoms with van der Waals surface area (Å²) in [5.41, 5.74) is 3.85. The first-order valence-corrected chi connectivity index (χ1v) is 12.3.